The number of primary sulfonamides is 1. The summed E-state index contributed by atoms with van der Waals surface area (Å²) in [6, 6.07) is 0. The van der Waals surface area contributed by atoms with Crippen LogP contribution in [0.3, 0.4) is 0 Å². The Morgan fingerprint density at radius 1 is 1.35 bits per heavy atom. The Labute approximate surface area is 118 Å². The van der Waals surface area contributed by atoms with E-state index in [-0.39, 0.29) is 13.1 Å². The molecule has 1 rings (SSSR count). The van der Waals surface area contributed by atoms with E-state index < -0.39 is 37.7 Å². The van der Waals surface area contributed by atoms with Gasteiger partial charge < -0.3 is 4.74 Å². The molecule has 1 aliphatic heterocycles. The van der Waals surface area contributed by atoms with E-state index in [1.54, 1.807) is 18.6 Å². The number of rotatable bonds is 4. The summed E-state index contributed by atoms with van der Waals surface area (Å²) >= 11 is 0. The highest BCUT2D eigenvalue weighted by atomic mass is 32.2. The number of carbonyl (C=O) groups excluding carboxylic acids is 1. The lowest BCUT2D eigenvalue weighted by atomic mass is 10.2. The lowest BCUT2D eigenvalue weighted by Gasteiger charge is -2.30. The molecular formula is C9H19N3O6S2. The summed E-state index contributed by atoms with van der Waals surface area (Å²) in [6.07, 6.45) is -0.927. The van der Waals surface area contributed by atoms with Gasteiger partial charge in [-0.2, -0.15) is 12.7 Å². The first-order chi connectivity index (χ1) is 9.02. The predicted octanol–water partition coefficient (Wildman–Crippen LogP) is -0.881. The second-order valence-corrected chi connectivity index (χ2v) is 8.29. The van der Waals surface area contributed by atoms with Crippen LogP contribution in [0.2, 0.25) is 0 Å². The van der Waals surface area contributed by atoms with E-state index in [4.69, 9.17) is 5.14 Å². The summed E-state index contributed by atoms with van der Waals surface area (Å²) in [7, 11) is -7.95. The van der Waals surface area contributed by atoms with Crippen LogP contribution in [-0.4, -0.2) is 51.7 Å². The summed E-state index contributed by atoms with van der Waals surface area (Å²) in [5.74, 6) is 0. The topological polar surface area (TPSA) is 136 Å². The summed E-state index contributed by atoms with van der Waals surface area (Å²) in [6.45, 7) is 2.99. The molecular weight excluding hydrogens is 310 g/mol. The Kier molecular flexibility index (Phi) is 5.35. The Bertz CT molecular complexity index is 556. The van der Waals surface area contributed by atoms with E-state index in [1.165, 1.54) is 0 Å². The largest absolute Gasteiger partial charge is 0.446 e. The number of nitrogens with two attached hydrogens (primary N) is 1. The molecule has 0 aromatic heterocycles. The summed E-state index contributed by atoms with van der Waals surface area (Å²) < 4.78 is 53.7. The van der Waals surface area contributed by atoms with Crippen LogP contribution < -0.4 is 9.86 Å². The SMILES string of the molecule is CC(C)OC(=O)NS(=O)(=O)N1CCCC(S(N)(=O)=O)C1. The third-order valence-corrected chi connectivity index (χ3v) is 5.45. The molecule has 0 spiro atoms. The fraction of sp³-hybridized carbons (Fsp3) is 0.889. The summed E-state index contributed by atoms with van der Waals surface area (Å²) in [5, 5.41) is 4.06. The van der Waals surface area contributed by atoms with Crippen LogP contribution in [0, 0.1) is 0 Å². The van der Waals surface area contributed by atoms with Gasteiger partial charge in [-0.3, -0.25) is 0 Å². The quantitative estimate of drug-likeness (QED) is 0.687. The number of amides is 1. The van der Waals surface area contributed by atoms with Crippen LogP contribution in [-0.2, 0) is 25.0 Å². The third kappa shape index (κ3) is 4.89. The molecule has 1 amide bonds. The lowest BCUT2D eigenvalue weighted by Crippen LogP contribution is -2.51. The van der Waals surface area contributed by atoms with Gasteiger partial charge in [0, 0.05) is 13.1 Å². The Balaban J connectivity index is 2.75. The maximum atomic E-state index is 11.9. The van der Waals surface area contributed by atoms with Gasteiger partial charge in [-0.1, -0.05) is 0 Å². The summed E-state index contributed by atoms with van der Waals surface area (Å²) in [5.41, 5.74) is 0. The van der Waals surface area contributed by atoms with Gasteiger partial charge in [0.1, 0.15) is 0 Å². The summed E-state index contributed by atoms with van der Waals surface area (Å²) in [4.78, 5) is 11.3. The Hall–Kier alpha value is -0.910. The number of piperidine rings is 1. The molecule has 0 aromatic rings. The van der Waals surface area contributed by atoms with Gasteiger partial charge in [-0.25, -0.2) is 23.1 Å². The first-order valence-electron chi connectivity index (χ1n) is 6.02. The van der Waals surface area contributed by atoms with Crippen molar-refractivity contribution in [2.45, 2.75) is 38.0 Å². The molecule has 0 saturated carbocycles. The van der Waals surface area contributed by atoms with Crippen LogP contribution in [0.25, 0.3) is 0 Å². The first kappa shape index (κ1) is 17.1. The van der Waals surface area contributed by atoms with Crippen LogP contribution in [0.15, 0.2) is 0 Å². The first-order valence-corrected chi connectivity index (χ1v) is 9.07. The minimum atomic E-state index is -4.13. The molecule has 0 bridgehead atoms. The maximum Gasteiger partial charge on any atom is 0.422 e. The number of carbonyl (C=O) groups is 1. The standard InChI is InChI=1S/C9H19N3O6S2/c1-7(2)18-9(13)11-20(16,17)12-5-3-4-8(6-12)19(10,14)15/h7-8H,3-6H2,1-2H3,(H,11,13)(H2,10,14,15). The predicted molar refractivity (Wildman–Crippen MR) is 71.4 cm³/mol. The van der Waals surface area contributed by atoms with Gasteiger partial charge >= 0.3 is 16.3 Å². The fourth-order valence-corrected chi connectivity index (χ4v) is 3.91. The van der Waals surface area contributed by atoms with Crippen LogP contribution in [0.4, 0.5) is 4.79 Å². The highest BCUT2D eigenvalue weighted by molar-refractivity contribution is 7.90. The van der Waals surface area contributed by atoms with Crippen LogP contribution in [0.1, 0.15) is 26.7 Å². The second kappa shape index (κ2) is 6.24. The molecule has 1 saturated heterocycles. The van der Waals surface area contributed by atoms with Gasteiger partial charge in [0.2, 0.25) is 10.0 Å². The van der Waals surface area contributed by atoms with Crippen molar-refractivity contribution in [2.24, 2.45) is 5.14 Å². The molecule has 9 nitrogen and oxygen atoms in total. The second-order valence-electron chi connectivity index (χ2n) is 4.77. The molecule has 3 N–H and O–H groups in total. The van der Waals surface area contributed by atoms with E-state index >= 15 is 0 Å². The smallest absolute Gasteiger partial charge is 0.422 e. The molecule has 0 aliphatic carbocycles. The van der Waals surface area contributed by atoms with Crippen molar-refractivity contribution in [1.29, 1.82) is 0 Å². The van der Waals surface area contributed by atoms with Crippen molar-refractivity contribution in [1.82, 2.24) is 9.03 Å². The molecule has 20 heavy (non-hydrogen) atoms. The number of hydrogen-bond acceptors (Lipinski definition) is 6. The van der Waals surface area contributed by atoms with E-state index in [9.17, 15) is 21.6 Å². The number of ether oxygens (including phenoxy) is 1. The fourth-order valence-electron chi connectivity index (χ4n) is 1.80. The van der Waals surface area contributed by atoms with Gasteiger partial charge in [0.15, 0.2) is 0 Å². The lowest BCUT2D eigenvalue weighted by molar-refractivity contribution is 0.121. The number of sulfonamides is 1. The van der Waals surface area contributed by atoms with Crippen molar-refractivity contribution in [3.8, 4) is 0 Å². The Morgan fingerprint density at radius 2 is 1.95 bits per heavy atom. The zero-order valence-electron chi connectivity index (χ0n) is 11.3. The van der Waals surface area contributed by atoms with Crippen LogP contribution >= 0.6 is 0 Å². The van der Waals surface area contributed by atoms with Crippen molar-refractivity contribution in [2.75, 3.05) is 13.1 Å². The molecule has 0 radical (unpaired) electrons. The van der Waals surface area contributed by atoms with E-state index in [1.807, 2.05) is 0 Å². The monoisotopic (exact) mass is 329 g/mol. The molecule has 1 atom stereocenters. The zero-order chi connectivity index (χ0) is 15.6. The number of nitrogens with zero attached hydrogens (tertiary/aromatic N) is 1. The normalized spacial score (nSPS) is 21.7. The molecule has 1 heterocycles. The van der Waals surface area contributed by atoms with Crippen LogP contribution in [0.5, 0.6) is 0 Å². The molecule has 1 aliphatic rings. The third-order valence-electron chi connectivity index (χ3n) is 2.70. The molecule has 118 valence electrons. The molecule has 1 unspecified atom stereocenters. The molecule has 0 aromatic carbocycles. The van der Waals surface area contributed by atoms with Gasteiger partial charge in [0.05, 0.1) is 11.4 Å². The van der Waals surface area contributed by atoms with Crippen molar-refractivity contribution in [3.63, 3.8) is 0 Å². The zero-order valence-corrected chi connectivity index (χ0v) is 12.9. The average Bonchev–Trinajstić information content (AvgIpc) is 2.26. The van der Waals surface area contributed by atoms with Crippen molar-refractivity contribution >= 4 is 26.3 Å². The van der Waals surface area contributed by atoms with Crippen molar-refractivity contribution < 1.29 is 26.4 Å². The minimum absolute atomic E-state index is 0.121. The van der Waals surface area contributed by atoms with E-state index in [0.29, 0.717) is 12.8 Å². The Morgan fingerprint density at radius 3 is 2.45 bits per heavy atom. The van der Waals surface area contributed by atoms with E-state index in [2.05, 4.69) is 4.74 Å². The van der Waals surface area contributed by atoms with Gasteiger partial charge in [-0.15, -0.1) is 0 Å². The van der Waals surface area contributed by atoms with Crippen molar-refractivity contribution in [3.05, 3.63) is 0 Å². The number of hydrogen-bond donors (Lipinski definition) is 2. The van der Waals surface area contributed by atoms with Gasteiger partial charge in [-0.05, 0) is 26.7 Å². The van der Waals surface area contributed by atoms with Gasteiger partial charge in [0.25, 0.3) is 0 Å². The maximum absolute atomic E-state index is 11.9. The molecule has 1 fully saturated rings. The average molecular weight is 329 g/mol. The highest BCUT2D eigenvalue weighted by Gasteiger charge is 2.35. The van der Waals surface area contributed by atoms with E-state index in [0.717, 1.165) is 4.31 Å². The number of nitrogens with one attached hydrogen (secondary N) is 1. The minimum Gasteiger partial charge on any atom is -0.446 e. The highest BCUT2D eigenvalue weighted by Crippen LogP contribution is 2.17. The molecule has 11 heteroatoms.